The molecule has 0 bridgehead atoms. The molecule has 1 fully saturated rings. The Morgan fingerprint density at radius 2 is 1.08 bits per heavy atom. The summed E-state index contributed by atoms with van der Waals surface area (Å²) in [5, 5.41) is 3.56. The maximum absolute atomic E-state index is 12.7. The second-order valence-corrected chi connectivity index (χ2v) is 9.77. The van der Waals surface area contributed by atoms with Gasteiger partial charge in [0.05, 0.1) is 6.54 Å². The molecule has 0 atom stereocenters. The Morgan fingerprint density at radius 3 is 1.40 bits per heavy atom. The molecular weight excluding hydrogens is 326 g/mol. The highest BCUT2D eigenvalue weighted by molar-refractivity contribution is 7.10. The first-order valence-corrected chi connectivity index (χ1v) is 10.4. The number of hydrogen-bond acceptors (Lipinski definition) is 2. The highest BCUT2D eigenvalue weighted by Gasteiger charge is 2.50. The molecule has 1 heterocycles. The van der Waals surface area contributed by atoms with E-state index in [4.69, 9.17) is 4.74 Å². The lowest BCUT2D eigenvalue weighted by atomic mass is 10.3. The number of benzene rings is 3. The second kappa shape index (κ2) is 6.57. The third-order valence-electron chi connectivity index (χ3n) is 4.74. The zero-order valence-electron chi connectivity index (χ0n) is 13.8. The first-order valence-electron chi connectivity index (χ1n) is 8.44. The highest BCUT2D eigenvalue weighted by Crippen LogP contribution is 2.18. The molecule has 0 N–H and O–H groups in total. The molecule has 1 saturated heterocycles. The van der Waals surface area contributed by atoms with Crippen molar-refractivity contribution in [3.8, 4) is 0 Å². The predicted octanol–water partition coefficient (Wildman–Crippen LogP) is 2.11. The van der Waals surface area contributed by atoms with Crippen molar-refractivity contribution < 1.29 is 9.53 Å². The largest absolute Gasteiger partial charge is 0.448 e. The Kier molecular flexibility index (Phi) is 4.12. The number of carbonyl (C=O) groups is 1. The van der Waals surface area contributed by atoms with E-state index < -0.39 is 8.24 Å². The van der Waals surface area contributed by atoms with Crippen molar-refractivity contribution in [2.45, 2.75) is 0 Å². The van der Waals surface area contributed by atoms with Gasteiger partial charge in [-0.1, -0.05) is 91.0 Å². The summed E-state index contributed by atoms with van der Waals surface area (Å²) in [5.41, 5.74) is 0. The minimum Gasteiger partial charge on any atom is -0.448 e. The fraction of sp³-hybridized carbons (Fsp3) is 0.0952. The summed E-state index contributed by atoms with van der Waals surface area (Å²) >= 11 is 0. The van der Waals surface area contributed by atoms with E-state index in [2.05, 4.69) is 36.4 Å². The lowest BCUT2D eigenvalue weighted by molar-refractivity contribution is 0.169. The summed E-state index contributed by atoms with van der Waals surface area (Å²) in [6, 6.07) is 31.1. The van der Waals surface area contributed by atoms with Gasteiger partial charge in [-0.3, -0.25) is 0 Å². The Hall–Kier alpha value is -2.85. The lowest BCUT2D eigenvalue weighted by Gasteiger charge is -2.39. The van der Waals surface area contributed by atoms with Crippen LogP contribution in [-0.2, 0) is 4.74 Å². The number of cyclic esters (lactones) is 1. The summed E-state index contributed by atoms with van der Waals surface area (Å²) in [4.78, 5) is 12.7. The minimum absolute atomic E-state index is 0.219. The monoisotopic (exact) mass is 345 g/mol. The fourth-order valence-corrected chi connectivity index (χ4v) is 8.43. The van der Waals surface area contributed by atoms with Crippen LogP contribution in [0.2, 0.25) is 0 Å². The molecule has 0 unspecified atom stereocenters. The smallest absolute Gasteiger partial charge is 0.402 e. The topological polar surface area (TPSA) is 29.5 Å². The molecule has 3 nitrogen and oxygen atoms in total. The molecule has 0 radical (unpaired) electrons. The number of amides is 1. The molecule has 0 saturated carbocycles. The Labute approximate surface area is 148 Å². The standard InChI is InChI=1S/C21H19NO2Si/c23-21-22(16-17-24-21)25(18-10-4-1-5-11-18,19-12-6-2-7-13-19)20-14-8-3-9-15-20/h1-15H,16-17H2. The average Bonchev–Trinajstić information content (AvgIpc) is 3.12. The van der Waals surface area contributed by atoms with Crippen LogP contribution in [0.3, 0.4) is 0 Å². The van der Waals surface area contributed by atoms with E-state index in [-0.39, 0.29) is 6.09 Å². The van der Waals surface area contributed by atoms with Crippen LogP contribution in [0, 0.1) is 0 Å². The molecular formula is C21H19NO2Si. The zero-order chi connectivity index (χ0) is 17.1. The van der Waals surface area contributed by atoms with Crippen molar-refractivity contribution in [3.05, 3.63) is 91.0 Å². The zero-order valence-corrected chi connectivity index (χ0v) is 14.8. The maximum Gasteiger partial charge on any atom is 0.402 e. The van der Waals surface area contributed by atoms with Crippen LogP contribution in [0.4, 0.5) is 4.79 Å². The van der Waals surface area contributed by atoms with E-state index in [1.807, 2.05) is 59.2 Å². The van der Waals surface area contributed by atoms with Gasteiger partial charge in [0.25, 0.3) is 8.24 Å². The first kappa shape index (κ1) is 15.7. The van der Waals surface area contributed by atoms with Gasteiger partial charge in [-0.25, -0.2) is 4.79 Å². The minimum atomic E-state index is -2.70. The summed E-state index contributed by atoms with van der Waals surface area (Å²) in [7, 11) is -2.70. The molecule has 1 amide bonds. The molecule has 25 heavy (non-hydrogen) atoms. The number of carbonyl (C=O) groups excluding carboxylic acids is 1. The van der Waals surface area contributed by atoms with Gasteiger partial charge in [0.1, 0.15) is 6.61 Å². The van der Waals surface area contributed by atoms with Gasteiger partial charge in [0.2, 0.25) is 0 Å². The summed E-state index contributed by atoms with van der Waals surface area (Å²) in [5.74, 6) is 0. The van der Waals surface area contributed by atoms with Gasteiger partial charge in [-0.15, -0.1) is 0 Å². The molecule has 4 rings (SSSR count). The average molecular weight is 345 g/mol. The molecule has 0 aromatic heterocycles. The van der Waals surface area contributed by atoms with Crippen molar-refractivity contribution in [2.24, 2.45) is 0 Å². The molecule has 0 aliphatic carbocycles. The number of ether oxygens (including phenoxy) is 1. The Morgan fingerprint density at radius 1 is 0.680 bits per heavy atom. The van der Waals surface area contributed by atoms with Gasteiger partial charge < -0.3 is 9.30 Å². The van der Waals surface area contributed by atoms with Gasteiger partial charge in [-0.2, -0.15) is 0 Å². The molecule has 3 aromatic carbocycles. The van der Waals surface area contributed by atoms with Gasteiger partial charge >= 0.3 is 6.09 Å². The fourth-order valence-electron chi connectivity index (χ4n) is 3.70. The number of rotatable bonds is 4. The maximum atomic E-state index is 12.7. The van der Waals surface area contributed by atoms with E-state index in [0.29, 0.717) is 13.2 Å². The van der Waals surface area contributed by atoms with Crippen LogP contribution in [0.15, 0.2) is 91.0 Å². The highest BCUT2D eigenvalue weighted by atomic mass is 28.3. The van der Waals surface area contributed by atoms with E-state index in [9.17, 15) is 4.79 Å². The van der Waals surface area contributed by atoms with Crippen LogP contribution >= 0.6 is 0 Å². The SMILES string of the molecule is O=C1OCCN1[Si](c1ccccc1)(c1ccccc1)c1ccccc1. The van der Waals surface area contributed by atoms with Crippen molar-refractivity contribution in [3.63, 3.8) is 0 Å². The molecule has 0 spiro atoms. The third-order valence-corrected chi connectivity index (χ3v) is 9.46. The van der Waals surface area contributed by atoms with E-state index >= 15 is 0 Å². The van der Waals surface area contributed by atoms with E-state index in [1.165, 1.54) is 15.6 Å². The van der Waals surface area contributed by atoms with Crippen LogP contribution < -0.4 is 15.6 Å². The van der Waals surface area contributed by atoms with Crippen LogP contribution in [-0.4, -0.2) is 32.0 Å². The van der Waals surface area contributed by atoms with Crippen LogP contribution in [0.1, 0.15) is 0 Å². The molecule has 4 heteroatoms. The van der Waals surface area contributed by atoms with E-state index in [1.54, 1.807) is 0 Å². The number of hydrogen-bond donors (Lipinski definition) is 0. The van der Waals surface area contributed by atoms with Crippen molar-refractivity contribution in [1.29, 1.82) is 0 Å². The summed E-state index contributed by atoms with van der Waals surface area (Å²) in [6.07, 6.45) is -0.219. The second-order valence-electron chi connectivity index (χ2n) is 6.07. The summed E-state index contributed by atoms with van der Waals surface area (Å²) in [6.45, 7) is 1.06. The van der Waals surface area contributed by atoms with Gasteiger partial charge in [0, 0.05) is 0 Å². The molecule has 124 valence electrons. The predicted molar refractivity (Wildman–Crippen MR) is 102 cm³/mol. The quantitative estimate of drug-likeness (QED) is 0.535. The summed E-state index contributed by atoms with van der Waals surface area (Å²) < 4.78 is 7.34. The lowest BCUT2D eigenvalue weighted by Crippen LogP contribution is -2.77. The van der Waals surface area contributed by atoms with Gasteiger partial charge in [0.15, 0.2) is 0 Å². The third kappa shape index (κ3) is 2.55. The normalized spacial score (nSPS) is 14.4. The van der Waals surface area contributed by atoms with Crippen molar-refractivity contribution >= 4 is 29.9 Å². The number of nitrogens with zero attached hydrogens (tertiary/aromatic N) is 1. The first-order chi connectivity index (χ1) is 12.3. The Bertz CT molecular complexity index is 756. The Balaban J connectivity index is 2.06. The van der Waals surface area contributed by atoms with E-state index in [0.717, 1.165) is 0 Å². The molecule has 1 aliphatic heterocycles. The van der Waals surface area contributed by atoms with Crippen LogP contribution in [0.25, 0.3) is 0 Å². The van der Waals surface area contributed by atoms with Gasteiger partial charge in [-0.05, 0) is 15.6 Å². The molecule has 3 aromatic rings. The van der Waals surface area contributed by atoms with Crippen molar-refractivity contribution in [1.82, 2.24) is 4.57 Å². The van der Waals surface area contributed by atoms with Crippen LogP contribution in [0.5, 0.6) is 0 Å². The molecule has 1 aliphatic rings. The van der Waals surface area contributed by atoms with Crippen molar-refractivity contribution in [2.75, 3.05) is 13.2 Å².